The molecule has 1 aromatic carbocycles. The minimum atomic E-state index is -0.0434. The average Bonchev–Trinajstić information content (AvgIpc) is 2.71. The summed E-state index contributed by atoms with van der Waals surface area (Å²) in [4.78, 5) is 16.8. The Bertz CT molecular complexity index is 291. The second-order valence-electron chi connectivity index (χ2n) is 2.96. The summed E-state index contributed by atoms with van der Waals surface area (Å²) >= 11 is 0. The summed E-state index contributed by atoms with van der Waals surface area (Å²) in [6.07, 6.45) is 0.929. The number of amides is 1. The Morgan fingerprint density at radius 2 is 2.08 bits per heavy atom. The quantitative estimate of drug-likeness (QED) is 0.650. The molecule has 2 rings (SSSR count). The Hall–Kier alpha value is -1.35. The fourth-order valence-electron chi connectivity index (χ4n) is 1.33. The molecule has 0 N–H and O–H groups in total. The molecule has 1 saturated heterocycles. The maximum atomic E-state index is 11.6. The van der Waals surface area contributed by atoms with Gasteiger partial charge in [-0.25, -0.2) is 5.06 Å². The summed E-state index contributed by atoms with van der Waals surface area (Å²) < 4.78 is 0. The van der Waals surface area contributed by atoms with Crippen LogP contribution in [-0.2, 0) is 4.84 Å². The number of carbonyl (C=O) groups is 1. The van der Waals surface area contributed by atoms with Crippen molar-refractivity contribution >= 4 is 5.91 Å². The molecule has 1 aliphatic heterocycles. The Balaban J connectivity index is 2.13. The smallest absolute Gasteiger partial charge is 0.271 e. The molecule has 3 nitrogen and oxygen atoms in total. The van der Waals surface area contributed by atoms with E-state index in [1.165, 1.54) is 5.06 Å². The predicted octanol–water partition coefficient (Wildman–Crippen LogP) is 1.46. The van der Waals surface area contributed by atoms with Crippen molar-refractivity contribution in [3.05, 3.63) is 35.9 Å². The lowest BCUT2D eigenvalue weighted by molar-refractivity contribution is -0.0768. The zero-order chi connectivity index (χ0) is 9.10. The summed E-state index contributed by atoms with van der Waals surface area (Å²) in [6, 6.07) is 9.18. The van der Waals surface area contributed by atoms with E-state index >= 15 is 0 Å². The number of hydrogen-bond donors (Lipinski definition) is 0. The van der Waals surface area contributed by atoms with Gasteiger partial charge >= 0.3 is 0 Å². The number of rotatable bonds is 1. The van der Waals surface area contributed by atoms with Gasteiger partial charge in [-0.15, -0.1) is 0 Å². The second kappa shape index (κ2) is 3.58. The van der Waals surface area contributed by atoms with E-state index in [-0.39, 0.29) is 5.91 Å². The number of benzene rings is 1. The van der Waals surface area contributed by atoms with Crippen molar-refractivity contribution < 1.29 is 9.63 Å². The molecule has 0 aromatic heterocycles. The van der Waals surface area contributed by atoms with Gasteiger partial charge in [0, 0.05) is 5.56 Å². The SMILES string of the molecule is O=C(c1ccccc1)N1CCCO1. The van der Waals surface area contributed by atoms with E-state index < -0.39 is 0 Å². The topological polar surface area (TPSA) is 29.5 Å². The Morgan fingerprint density at radius 1 is 1.31 bits per heavy atom. The van der Waals surface area contributed by atoms with Crippen LogP contribution in [0, 0.1) is 0 Å². The maximum absolute atomic E-state index is 11.6. The fraction of sp³-hybridized carbons (Fsp3) is 0.300. The van der Waals surface area contributed by atoms with Gasteiger partial charge in [0.25, 0.3) is 5.91 Å². The van der Waals surface area contributed by atoms with Gasteiger partial charge in [-0.3, -0.25) is 9.63 Å². The molecule has 1 aromatic rings. The molecule has 0 spiro atoms. The van der Waals surface area contributed by atoms with E-state index in [1.807, 2.05) is 18.2 Å². The van der Waals surface area contributed by atoms with Gasteiger partial charge in [0.15, 0.2) is 0 Å². The lowest BCUT2D eigenvalue weighted by Gasteiger charge is -2.13. The molecule has 1 heterocycles. The highest BCUT2D eigenvalue weighted by Crippen LogP contribution is 2.10. The standard InChI is InChI=1S/C10H11NO2/c12-10(11-7-4-8-13-11)9-5-2-1-3-6-9/h1-3,5-6H,4,7-8H2. The summed E-state index contributed by atoms with van der Waals surface area (Å²) in [6.45, 7) is 1.35. The highest BCUT2D eigenvalue weighted by Gasteiger charge is 2.19. The lowest BCUT2D eigenvalue weighted by Crippen LogP contribution is -2.26. The van der Waals surface area contributed by atoms with Crippen LogP contribution in [0.1, 0.15) is 16.8 Å². The van der Waals surface area contributed by atoms with Crippen molar-refractivity contribution in [2.75, 3.05) is 13.2 Å². The van der Waals surface area contributed by atoms with Crippen molar-refractivity contribution in [2.24, 2.45) is 0 Å². The first kappa shape index (κ1) is 8.26. The van der Waals surface area contributed by atoms with Gasteiger partial charge < -0.3 is 0 Å². The summed E-state index contributed by atoms with van der Waals surface area (Å²) in [5.74, 6) is -0.0434. The van der Waals surface area contributed by atoms with Gasteiger partial charge in [0.1, 0.15) is 0 Å². The summed E-state index contributed by atoms with van der Waals surface area (Å²) in [5.41, 5.74) is 0.685. The zero-order valence-corrected chi connectivity index (χ0v) is 7.27. The molecule has 13 heavy (non-hydrogen) atoms. The molecule has 3 heteroatoms. The third kappa shape index (κ3) is 1.70. The minimum absolute atomic E-state index is 0.0434. The highest BCUT2D eigenvalue weighted by atomic mass is 16.7. The van der Waals surface area contributed by atoms with Crippen molar-refractivity contribution in [1.29, 1.82) is 0 Å². The third-order valence-corrected chi connectivity index (χ3v) is 2.00. The highest BCUT2D eigenvalue weighted by molar-refractivity contribution is 5.93. The summed E-state index contributed by atoms with van der Waals surface area (Å²) in [7, 11) is 0. The maximum Gasteiger partial charge on any atom is 0.277 e. The first-order valence-electron chi connectivity index (χ1n) is 4.38. The monoisotopic (exact) mass is 177 g/mol. The van der Waals surface area contributed by atoms with Crippen molar-refractivity contribution in [3.63, 3.8) is 0 Å². The molecular weight excluding hydrogens is 166 g/mol. The van der Waals surface area contributed by atoms with Crippen LogP contribution in [0.2, 0.25) is 0 Å². The van der Waals surface area contributed by atoms with E-state index in [0.717, 1.165) is 6.42 Å². The van der Waals surface area contributed by atoms with Gasteiger partial charge in [0.2, 0.25) is 0 Å². The van der Waals surface area contributed by atoms with Crippen LogP contribution < -0.4 is 0 Å². The van der Waals surface area contributed by atoms with E-state index in [1.54, 1.807) is 12.1 Å². The average molecular weight is 177 g/mol. The van der Waals surface area contributed by atoms with Crippen molar-refractivity contribution in [1.82, 2.24) is 5.06 Å². The normalized spacial score (nSPS) is 16.2. The van der Waals surface area contributed by atoms with E-state index in [4.69, 9.17) is 4.84 Å². The van der Waals surface area contributed by atoms with Crippen LogP contribution in [0.4, 0.5) is 0 Å². The molecule has 0 unspecified atom stereocenters. The Labute approximate surface area is 76.9 Å². The van der Waals surface area contributed by atoms with Crippen molar-refractivity contribution in [3.8, 4) is 0 Å². The molecule has 0 radical (unpaired) electrons. The number of hydroxylamine groups is 2. The number of nitrogens with zero attached hydrogens (tertiary/aromatic N) is 1. The van der Waals surface area contributed by atoms with Gasteiger partial charge in [0.05, 0.1) is 13.2 Å². The molecule has 0 atom stereocenters. The first-order chi connectivity index (χ1) is 6.38. The molecule has 0 aliphatic carbocycles. The van der Waals surface area contributed by atoms with E-state index in [2.05, 4.69) is 0 Å². The largest absolute Gasteiger partial charge is 0.277 e. The second-order valence-corrected chi connectivity index (χ2v) is 2.96. The van der Waals surface area contributed by atoms with Gasteiger partial charge in [-0.2, -0.15) is 0 Å². The van der Waals surface area contributed by atoms with Crippen LogP contribution in [0.15, 0.2) is 30.3 Å². The van der Waals surface area contributed by atoms with E-state index in [9.17, 15) is 4.79 Å². The van der Waals surface area contributed by atoms with Crippen LogP contribution in [-0.4, -0.2) is 24.1 Å². The lowest BCUT2D eigenvalue weighted by atomic mass is 10.2. The molecule has 0 saturated carbocycles. The van der Waals surface area contributed by atoms with Gasteiger partial charge in [-0.1, -0.05) is 18.2 Å². The Kier molecular flexibility index (Phi) is 2.27. The first-order valence-corrected chi connectivity index (χ1v) is 4.38. The Morgan fingerprint density at radius 3 is 2.69 bits per heavy atom. The van der Waals surface area contributed by atoms with Crippen LogP contribution in [0.3, 0.4) is 0 Å². The minimum Gasteiger partial charge on any atom is -0.271 e. The fourth-order valence-corrected chi connectivity index (χ4v) is 1.33. The van der Waals surface area contributed by atoms with Crippen molar-refractivity contribution in [2.45, 2.75) is 6.42 Å². The van der Waals surface area contributed by atoms with Crippen LogP contribution in [0.25, 0.3) is 0 Å². The summed E-state index contributed by atoms with van der Waals surface area (Å²) in [5, 5.41) is 1.43. The number of hydrogen-bond acceptors (Lipinski definition) is 2. The van der Waals surface area contributed by atoms with Gasteiger partial charge in [-0.05, 0) is 18.6 Å². The van der Waals surface area contributed by atoms with Crippen LogP contribution in [0.5, 0.6) is 0 Å². The number of carbonyl (C=O) groups excluding carboxylic acids is 1. The van der Waals surface area contributed by atoms with Crippen LogP contribution >= 0.6 is 0 Å². The predicted molar refractivity (Wildman–Crippen MR) is 48.0 cm³/mol. The molecule has 1 fully saturated rings. The van der Waals surface area contributed by atoms with E-state index in [0.29, 0.717) is 18.7 Å². The zero-order valence-electron chi connectivity index (χ0n) is 7.27. The molecule has 0 bridgehead atoms. The molecular formula is C10H11NO2. The molecule has 1 amide bonds. The molecule has 68 valence electrons. The third-order valence-electron chi connectivity index (χ3n) is 2.00. The molecule has 1 aliphatic rings.